The van der Waals surface area contributed by atoms with Crippen molar-refractivity contribution < 1.29 is 0 Å². The molecule has 0 saturated carbocycles. The summed E-state index contributed by atoms with van der Waals surface area (Å²) in [4.78, 5) is 8.97. The lowest BCUT2D eigenvalue weighted by Crippen LogP contribution is -2.04. The zero-order chi connectivity index (χ0) is 13.2. The van der Waals surface area contributed by atoms with E-state index in [9.17, 15) is 0 Å². The molecule has 3 nitrogen and oxygen atoms in total. The van der Waals surface area contributed by atoms with Gasteiger partial charge in [0.2, 0.25) is 0 Å². The smallest absolute Gasteiger partial charge is 0.129 e. The highest BCUT2D eigenvalue weighted by molar-refractivity contribution is 6.05. The number of hydrogen-bond acceptors (Lipinski definition) is 3. The normalized spacial score (nSPS) is 11.1. The number of aromatic nitrogens is 2. The Labute approximate surface area is 112 Å². The predicted molar refractivity (Wildman–Crippen MR) is 80.6 cm³/mol. The van der Waals surface area contributed by atoms with Gasteiger partial charge in [-0.2, -0.15) is 0 Å². The highest BCUT2D eigenvalue weighted by Gasteiger charge is 2.06. The van der Waals surface area contributed by atoms with E-state index in [1.54, 1.807) is 0 Å². The molecule has 0 radical (unpaired) electrons. The number of anilines is 1. The van der Waals surface area contributed by atoms with Gasteiger partial charge < -0.3 is 5.32 Å². The standard InChI is InChI=1S/C16H17N3/c1-3-7-18-16-11(2)9-12-4-5-13-10-17-8-6-14(13)15(12)19-16/h4-6,8-10H,3,7H2,1-2H3,(H,18,19). The fourth-order valence-electron chi connectivity index (χ4n) is 2.33. The molecule has 2 aromatic heterocycles. The van der Waals surface area contributed by atoms with E-state index in [0.29, 0.717) is 0 Å². The lowest BCUT2D eigenvalue weighted by atomic mass is 10.1. The van der Waals surface area contributed by atoms with E-state index < -0.39 is 0 Å². The highest BCUT2D eigenvalue weighted by atomic mass is 15.0. The third kappa shape index (κ3) is 2.12. The van der Waals surface area contributed by atoms with Crippen molar-refractivity contribution in [3.63, 3.8) is 0 Å². The van der Waals surface area contributed by atoms with Crippen molar-refractivity contribution >= 4 is 27.5 Å². The SMILES string of the molecule is CCCNc1nc2c(ccc3cnccc32)cc1C. The number of fused-ring (bicyclic) bond motifs is 3. The molecule has 3 heteroatoms. The van der Waals surface area contributed by atoms with Crippen LogP contribution < -0.4 is 5.32 Å². The first-order valence-corrected chi connectivity index (χ1v) is 6.67. The minimum absolute atomic E-state index is 0.950. The molecule has 0 amide bonds. The number of benzene rings is 1. The van der Waals surface area contributed by atoms with Crippen LogP contribution in [0.2, 0.25) is 0 Å². The number of nitrogens with one attached hydrogen (secondary N) is 1. The molecule has 3 rings (SSSR count). The maximum Gasteiger partial charge on any atom is 0.129 e. The van der Waals surface area contributed by atoms with Crippen LogP contribution in [0, 0.1) is 6.92 Å². The molecular formula is C16H17N3. The predicted octanol–water partition coefficient (Wildman–Crippen LogP) is 3.91. The van der Waals surface area contributed by atoms with Crippen molar-refractivity contribution in [3.8, 4) is 0 Å². The first-order valence-electron chi connectivity index (χ1n) is 6.67. The van der Waals surface area contributed by atoms with Crippen molar-refractivity contribution in [2.45, 2.75) is 20.3 Å². The molecule has 3 aromatic rings. The minimum Gasteiger partial charge on any atom is -0.370 e. The molecule has 0 aliphatic heterocycles. The number of aryl methyl sites for hydroxylation is 1. The maximum atomic E-state index is 4.80. The second-order valence-corrected chi connectivity index (χ2v) is 4.81. The molecular weight excluding hydrogens is 234 g/mol. The Morgan fingerprint density at radius 1 is 1.16 bits per heavy atom. The summed E-state index contributed by atoms with van der Waals surface area (Å²) in [7, 11) is 0. The van der Waals surface area contributed by atoms with E-state index in [-0.39, 0.29) is 0 Å². The van der Waals surface area contributed by atoms with Gasteiger partial charge in [0.25, 0.3) is 0 Å². The topological polar surface area (TPSA) is 37.8 Å². The Morgan fingerprint density at radius 2 is 2.00 bits per heavy atom. The molecule has 0 spiro atoms. The average molecular weight is 251 g/mol. The van der Waals surface area contributed by atoms with Crippen molar-refractivity contribution in [2.75, 3.05) is 11.9 Å². The fourth-order valence-corrected chi connectivity index (χ4v) is 2.33. The van der Waals surface area contributed by atoms with Crippen LogP contribution in [0.3, 0.4) is 0 Å². The van der Waals surface area contributed by atoms with Gasteiger partial charge in [-0.1, -0.05) is 19.1 Å². The number of nitrogens with zero attached hydrogens (tertiary/aromatic N) is 2. The zero-order valence-electron chi connectivity index (χ0n) is 11.3. The van der Waals surface area contributed by atoms with Crippen LogP contribution in [0.15, 0.2) is 36.7 Å². The molecule has 0 fully saturated rings. The zero-order valence-corrected chi connectivity index (χ0v) is 11.3. The molecule has 1 aromatic carbocycles. The second-order valence-electron chi connectivity index (χ2n) is 4.81. The van der Waals surface area contributed by atoms with Crippen LogP contribution in [0.1, 0.15) is 18.9 Å². The van der Waals surface area contributed by atoms with Crippen LogP contribution in [0.4, 0.5) is 5.82 Å². The third-order valence-electron chi connectivity index (χ3n) is 3.33. The van der Waals surface area contributed by atoms with Gasteiger partial charge in [0.15, 0.2) is 0 Å². The third-order valence-corrected chi connectivity index (χ3v) is 3.33. The van der Waals surface area contributed by atoms with E-state index in [2.05, 4.69) is 42.3 Å². The van der Waals surface area contributed by atoms with Crippen molar-refractivity contribution in [2.24, 2.45) is 0 Å². The molecule has 19 heavy (non-hydrogen) atoms. The maximum absolute atomic E-state index is 4.80. The molecule has 0 atom stereocenters. The summed E-state index contributed by atoms with van der Waals surface area (Å²) in [6.45, 7) is 5.21. The Morgan fingerprint density at radius 3 is 2.84 bits per heavy atom. The van der Waals surface area contributed by atoms with Gasteiger partial charge in [0.05, 0.1) is 5.52 Å². The van der Waals surface area contributed by atoms with Crippen LogP contribution in [-0.2, 0) is 0 Å². The summed E-state index contributed by atoms with van der Waals surface area (Å²) in [5, 5.41) is 6.86. The van der Waals surface area contributed by atoms with Gasteiger partial charge in [-0.3, -0.25) is 4.98 Å². The first kappa shape index (κ1) is 11.9. The van der Waals surface area contributed by atoms with Gasteiger partial charge in [-0.15, -0.1) is 0 Å². The van der Waals surface area contributed by atoms with E-state index >= 15 is 0 Å². The average Bonchev–Trinajstić information content (AvgIpc) is 2.45. The lowest BCUT2D eigenvalue weighted by molar-refractivity contribution is 0.968. The number of pyridine rings is 2. The van der Waals surface area contributed by atoms with Crippen LogP contribution in [0.25, 0.3) is 21.7 Å². The molecule has 0 aliphatic carbocycles. The first-order chi connectivity index (χ1) is 9.29. The van der Waals surface area contributed by atoms with Crippen molar-refractivity contribution in [1.82, 2.24) is 9.97 Å². The van der Waals surface area contributed by atoms with Crippen LogP contribution >= 0.6 is 0 Å². The molecule has 96 valence electrons. The van der Waals surface area contributed by atoms with Gasteiger partial charge in [0, 0.05) is 35.1 Å². The summed E-state index contributed by atoms with van der Waals surface area (Å²) in [5.74, 6) is 0.985. The molecule has 0 bridgehead atoms. The molecule has 1 N–H and O–H groups in total. The van der Waals surface area contributed by atoms with Crippen molar-refractivity contribution in [1.29, 1.82) is 0 Å². The summed E-state index contributed by atoms with van der Waals surface area (Å²) in [6, 6.07) is 8.44. The molecule has 0 aliphatic rings. The lowest BCUT2D eigenvalue weighted by Gasteiger charge is -2.10. The minimum atomic E-state index is 0.950. The van der Waals surface area contributed by atoms with Gasteiger partial charge in [0.1, 0.15) is 5.82 Å². The summed E-state index contributed by atoms with van der Waals surface area (Å²) >= 11 is 0. The van der Waals surface area contributed by atoms with Crippen LogP contribution in [-0.4, -0.2) is 16.5 Å². The molecule has 0 saturated heterocycles. The van der Waals surface area contributed by atoms with Gasteiger partial charge >= 0.3 is 0 Å². The Hall–Kier alpha value is -2.16. The van der Waals surface area contributed by atoms with E-state index in [1.807, 2.05) is 18.5 Å². The summed E-state index contributed by atoms with van der Waals surface area (Å²) in [5.41, 5.74) is 2.23. The number of hydrogen-bond donors (Lipinski definition) is 1. The number of rotatable bonds is 3. The van der Waals surface area contributed by atoms with E-state index in [0.717, 1.165) is 35.1 Å². The Bertz CT molecular complexity index is 734. The largest absolute Gasteiger partial charge is 0.370 e. The van der Waals surface area contributed by atoms with Crippen molar-refractivity contribution in [3.05, 3.63) is 42.2 Å². The Balaban J connectivity index is 2.25. The fraction of sp³-hybridized carbons (Fsp3) is 0.250. The van der Waals surface area contributed by atoms with E-state index in [4.69, 9.17) is 4.98 Å². The second kappa shape index (κ2) is 4.84. The van der Waals surface area contributed by atoms with Crippen LogP contribution in [0.5, 0.6) is 0 Å². The summed E-state index contributed by atoms with van der Waals surface area (Å²) < 4.78 is 0. The quantitative estimate of drug-likeness (QED) is 0.717. The van der Waals surface area contributed by atoms with Gasteiger partial charge in [-0.05, 0) is 31.0 Å². The molecule has 2 heterocycles. The summed E-state index contributed by atoms with van der Waals surface area (Å²) in [6.07, 6.45) is 4.80. The highest BCUT2D eigenvalue weighted by Crippen LogP contribution is 2.26. The Kier molecular flexibility index (Phi) is 3.03. The molecule has 0 unspecified atom stereocenters. The van der Waals surface area contributed by atoms with E-state index in [1.165, 1.54) is 10.9 Å². The van der Waals surface area contributed by atoms with Gasteiger partial charge in [-0.25, -0.2) is 4.98 Å². The monoisotopic (exact) mass is 251 g/mol.